The Bertz CT molecular complexity index is 220. The molecule has 12 heavy (non-hydrogen) atoms. The smallest absolute Gasteiger partial charge is 0.132 e. The lowest BCUT2D eigenvalue weighted by molar-refractivity contribution is -0.481. The van der Waals surface area contributed by atoms with E-state index in [1.165, 1.54) is 6.92 Å². The summed E-state index contributed by atoms with van der Waals surface area (Å²) in [5, 5.41) is 10.3. The number of carboxylic acid groups (broad SMARTS) is 1. The largest absolute Gasteiger partial charge is 0.811 e. The highest BCUT2D eigenvalue weighted by atomic mass is 31.2. The maximum Gasteiger partial charge on any atom is 0.132 e. The molecular weight excluding hydrogens is 185 g/mol. The Labute approximate surface area is 69.5 Å². The molecule has 0 saturated carbocycles. The van der Waals surface area contributed by atoms with Crippen LogP contribution in [0.4, 0.5) is 0 Å². The van der Waals surface area contributed by atoms with Crippen LogP contribution < -0.4 is 20.6 Å². The predicted octanol–water partition coefficient (Wildman–Crippen LogP) is -3.96. The summed E-state index contributed by atoms with van der Waals surface area (Å²) in [5.74, 6) is -1.46. The second-order valence-electron chi connectivity index (χ2n) is 2.93. The van der Waals surface area contributed by atoms with Crippen LogP contribution in [0, 0.1) is 0 Å². The van der Waals surface area contributed by atoms with E-state index in [9.17, 15) is 24.3 Å². The molecule has 7 heteroatoms. The normalized spacial score (nSPS) is 17.0. The van der Waals surface area contributed by atoms with Crippen molar-refractivity contribution in [1.29, 1.82) is 0 Å². The molecule has 6 nitrogen and oxygen atoms in total. The first-order chi connectivity index (χ1) is 5.15. The van der Waals surface area contributed by atoms with Gasteiger partial charge in [-0.1, -0.05) is 7.60 Å². The molecule has 1 atom stereocenters. The summed E-state index contributed by atoms with van der Waals surface area (Å²) in [5.41, 5.74) is 1.70. The maximum atomic E-state index is 10.3. The number of rotatable bonds is 4. The van der Waals surface area contributed by atoms with Gasteiger partial charge in [-0.05, 0) is 13.1 Å². The van der Waals surface area contributed by atoms with E-state index >= 15 is 0 Å². The van der Waals surface area contributed by atoms with Crippen molar-refractivity contribution < 1.29 is 30.0 Å². The summed E-state index contributed by atoms with van der Waals surface area (Å²) in [7, 11) is -4.63. The molecular formula is C5H10NO5P-2. The van der Waals surface area contributed by atoms with Crippen molar-refractivity contribution in [2.75, 3.05) is 6.16 Å². The summed E-state index contributed by atoms with van der Waals surface area (Å²) in [6.45, 7) is 1.21. The van der Waals surface area contributed by atoms with E-state index < -0.39 is 25.3 Å². The number of aliphatic carboxylic acids is 1. The van der Waals surface area contributed by atoms with Gasteiger partial charge in [0, 0.05) is 6.42 Å². The monoisotopic (exact) mass is 195 g/mol. The van der Waals surface area contributed by atoms with Crippen molar-refractivity contribution in [2.24, 2.45) is 0 Å². The molecule has 0 spiro atoms. The maximum absolute atomic E-state index is 10.3. The number of hydrogen-bond donors (Lipinski definition) is 1. The zero-order chi connectivity index (χ0) is 9.99. The van der Waals surface area contributed by atoms with Crippen LogP contribution in [-0.2, 0) is 9.36 Å². The van der Waals surface area contributed by atoms with Gasteiger partial charge in [0.1, 0.15) is 11.5 Å². The minimum Gasteiger partial charge on any atom is -0.811 e. The fraction of sp³-hybridized carbons (Fsp3) is 0.800. The van der Waals surface area contributed by atoms with Gasteiger partial charge in [-0.25, -0.2) is 0 Å². The van der Waals surface area contributed by atoms with Gasteiger partial charge in [0.25, 0.3) is 0 Å². The molecule has 0 aromatic heterocycles. The fourth-order valence-electron chi connectivity index (χ4n) is 0.486. The van der Waals surface area contributed by atoms with Crippen molar-refractivity contribution in [3.8, 4) is 0 Å². The molecule has 0 bridgehead atoms. The second-order valence-corrected chi connectivity index (χ2v) is 4.60. The van der Waals surface area contributed by atoms with Crippen LogP contribution in [0.2, 0.25) is 0 Å². The van der Waals surface area contributed by atoms with Gasteiger partial charge in [-0.3, -0.25) is 0 Å². The zero-order valence-corrected chi connectivity index (χ0v) is 7.50. The first-order valence-electron chi connectivity index (χ1n) is 3.23. The Morgan fingerprint density at radius 1 is 1.58 bits per heavy atom. The SMILES string of the molecule is CC([NH3+])(CCP(=O)([O-])[O-])C(=O)[O-]. The first-order valence-corrected chi connectivity index (χ1v) is 4.96. The number of hydrogen-bond acceptors (Lipinski definition) is 5. The molecule has 0 aliphatic rings. The van der Waals surface area contributed by atoms with E-state index in [1.807, 2.05) is 0 Å². The molecule has 3 N–H and O–H groups in total. The van der Waals surface area contributed by atoms with Crippen LogP contribution in [0.15, 0.2) is 0 Å². The number of carbonyl (C=O) groups is 1. The number of carboxylic acids is 1. The number of carbonyl (C=O) groups excluding carboxylic acids is 1. The van der Waals surface area contributed by atoms with E-state index in [-0.39, 0.29) is 6.42 Å². The van der Waals surface area contributed by atoms with E-state index in [1.54, 1.807) is 0 Å². The van der Waals surface area contributed by atoms with Gasteiger partial charge in [0.05, 0.1) is 0 Å². The van der Waals surface area contributed by atoms with Gasteiger partial charge in [-0.15, -0.1) is 0 Å². The van der Waals surface area contributed by atoms with Crippen molar-refractivity contribution in [3.63, 3.8) is 0 Å². The Morgan fingerprint density at radius 3 is 2.25 bits per heavy atom. The van der Waals surface area contributed by atoms with Gasteiger partial charge in [-0.2, -0.15) is 0 Å². The van der Waals surface area contributed by atoms with Gasteiger partial charge in [0.2, 0.25) is 0 Å². The van der Waals surface area contributed by atoms with Gasteiger partial charge >= 0.3 is 0 Å². The van der Waals surface area contributed by atoms with E-state index in [2.05, 4.69) is 5.73 Å². The van der Waals surface area contributed by atoms with Crippen LogP contribution in [0.25, 0.3) is 0 Å². The third kappa shape index (κ3) is 4.46. The van der Waals surface area contributed by atoms with Crippen molar-refractivity contribution in [1.82, 2.24) is 0 Å². The molecule has 1 unspecified atom stereocenters. The standard InChI is InChI=1S/C5H12NO5P/c1-5(6,4(7)8)2-3-12(9,10)11/h2-3,6H2,1H3,(H,7,8)(H2,9,10,11)/p-2. The minimum atomic E-state index is -4.63. The molecule has 0 amide bonds. The summed E-state index contributed by atoms with van der Waals surface area (Å²) in [6.07, 6.45) is -1.03. The van der Waals surface area contributed by atoms with Crippen LogP contribution in [0.5, 0.6) is 0 Å². The molecule has 0 aromatic rings. The van der Waals surface area contributed by atoms with Crippen LogP contribution in [-0.4, -0.2) is 17.7 Å². The summed E-state index contributed by atoms with van der Waals surface area (Å²) in [4.78, 5) is 30.5. The number of quaternary nitrogens is 1. The molecule has 0 heterocycles. The molecule has 0 saturated heterocycles. The Kier molecular flexibility index (Phi) is 3.41. The van der Waals surface area contributed by atoms with Gasteiger partial charge in [0.15, 0.2) is 0 Å². The molecule has 0 rings (SSSR count). The quantitative estimate of drug-likeness (QED) is 0.457. The van der Waals surface area contributed by atoms with Crippen LogP contribution in [0.1, 0.15) is 13.3 Å². The minimum absolute atomic E-state index is 0.320. The molecule has 0 radical (unpaired) electrons. The van der Waals surface area contributed by atoms with Crippen molar-refractivity contribution in [2.45, 2.75) is 18.9 Å². The summed E-state index contributed by atoms with van der Waals surface area (Å²) < 4.78 is 10.1. The van der Waals surface area contributed by atoms with Crippen LogP contribution >= 0.6 is 7.60 Å². The van der Waals surface area contributed by atoms with Crippen molar-refractivity contribution >= 4 is 13.6 Å². The highest BCUT2D eigenvalue weighted by Gasteiger charge is 2.24. The Morgan fingerprint density at radius 2 is 2.00 bits per heavy atom. The zero-order valence-electron chi connectivity index (χ0n) is 6.61. The highest BCUT2D eigenvalue weighted by Crippen LogP contribution is 2.25. The molecule has 72 valence electrons. The molecule has 0 aromatic carbocycles. The Balaban J connectivity index is 4.10. The van der Waals surface area contributed by atoms with Gasteiger partial charge < -0.3 is 30.0 Å². The Hall–Kier alpha value is -0.420. The average Bonchev–Trinajstić information content (AvgIpc) is 1.82. The predicted molar refractivity (Wildman–Crippen MR) is 33.4 cm³/mol. The first kappa shape index (κ1) is 11.6. The molecule has 0 aliphatic heterocycles. The lowest BCUT2D eigenvalue weighted by atomic mass is 10.0. The van der Waals surface area contributed by atoms with E-state index in [0.29, 0.717) is 0 Å². The average molecular weight is 195 g/mol. The second kappa shape index (κ2) is 3.53. The van der Waals surface area contributed by atoms with E-state index in [4.69, 9.17) is 0 Å². The summed E-state index contributed by atoms with van der Waals surface area (Å²) >= 11 is 0. The highest BCUT2D eigenvalue weighted by molar-refractivity contribution is 7.48. The lowest BCUT2D eigenvalue weighted by Gasteiger charge is -2.32. The third-order valence-corrected chi connectivity index (χ3v) is 2.20. The fourth-order valence-corrected chi connectivity index (χ4v) is 1.25. The lowest BCUT2D eigenvalue weighted by Crippen LogP contribution is -2.78. The van der Waals surface area contributed by atoms with Crippen molar-refractivity contribution in [3.05, 3.63) is 0 Å². The van der Waals surface area contributed by atoms with E-state index in [0.717, 1.165) is 0 Å². The van der Waals surface area contributed by atoms with Crippen LogP contribution in [0.3, 0.4) is 0 Å². The molecule has 0 fully saturated rings. The third-order valence-electron chi connectivity index (χ3n) is 1.43. The summed E-state index contributed by atoms with van der Waals surface area (Å²) in [6, 6.07) is 0. The topological polar surface area (TPSA) is 131 Å². The molecule has 0 aliphatic carbocycles.